The third-order valence-corrected chi connectivity index (χ3v) is 4.71. The molecule has 22 heavy (non-hydrogen) atoms. The first-order valence-electron chi connectivity index (χ1n) is 7.95. The number of amides is 1. The Bertz CT molecular complexity index is 471. The first-order valence-corrected chi connectivity index (χ1v) is 7.95. The Hall–Kier alpha value is -1.26. The lowest BCUT2D eigenvalue weighted by molar-refractivity contribution is -0.139. The molecule has 0 spiro atoms. The zero-order valence-electron chi connectivity index (χ0n) is 13.0. The van der Waals surface area contributed by atoms with Crippen molar-refractivity contribution in [1.82, 2.24) is 10.2 Å². The number of piperidine rings is 1. The van der Waals surface area contributed by atoms with E-state index >= 15 is 0 Å². The smallest absolute Gasteiger partial charge is 0.225 e. The van der Waals surface area contributed by atoms with Gasteiger partial charge in [0, 0.05) is 31.8 Å². The fraction of sp³-hybridized carbons (Fsp3) is 0.588. The topological polar surface area (TPSA) is 41.6 Å². The summed E-state index contributed by atoms with van der Waals surface area (Å²) < 4.78 is 5.98. The van der Waals surface area contributed by atoms with Crippen molar-refractivity contribution in [3.8, 4) is 5.75 Å². The molecule has 0 aromatic heterocycles. The summed E-state index contributed by atoms with van der Waals surface area (Å²) in [6, 6.07) is 9.95. The second-order valence-electron chi connectivity index (χ2n) is 6.16. The molecular formula is C17H25ClN2O2. The van der Waals surface area contributed by atoms with E-state index in [0.717, 1.165) is 44.8 Å². The molecule has 2 fully saturated rings. The molecule has 0 aliphatic carbocycles. The highest BCUT2D eigenvalue weighted by Gasteiger charge is 2.33. The number of benzene rings is 1. The van der Waals surface area contributed by atoms with Crippen LogP contribution in [0.2, 0.25) is 0 Å². The fourth-order valence-corrected chi connectivity index (χ4v) is 3.04. The second kappa shape index (κ2) is 7.84. The van der Waals surface area contributed by atoms with E-state index in [2.05, 4.69) is 12.2 Å². The molecule has 1 amide bonds. The van der Waals surface area contributed by atoms with E-state index < -0.39 is 0 Å². The van der Waals surface area contributed by atoms with Crippen molar-refractivity contribution in [2.45, 2.75) is 25.9 Å². The maximum Gasteiger partial charge on any atom is 0.225 e. The van der Waals surface area contributed by atoms with E-state index in [1.807, 2.05) is 35.2 Å². The summed E-state index contributed by atoms with van der Waals surface area (Å²) >= 11 is 0. The molecule has 2 aliphatic rings. The summed E-state index contributed by atoms with van der Waals surface area (Å²) in [4.78, 5) is 14.5. The Morgan fingerprint density at radius 1 is 1.23 bits per heavy atom. The van der Waals surface area contributed by atoms with Gasteiger partial charge < -0.3 is 15.0 Å². The van der Waals surface area contributed by atoms with Crippen LogP contribution in [0.5, 0.6) is 5.75 Å². The Labute approximate surface area is 138 Å². The summed E-state index contributed by atoms with van der Waals surface area (Å²) in [7, 11) is 0. The number of carbonyl (C=O) groups is 1. The molecule has 2 heterocycles. The molecule has 1 unspecified atom stereocenters. The number of halogens is 1. The number of hydrogen-bond donors (Lipinski definition) is 1. The maximum atomic E-state index is 12.5. The van der Waals surface area contributed by atoms with Crippen LogP contribution in [0.3, 0.4) is 0 Å². The fourth-order valence-electron chi connectivity index (χ4n) is 3.04. The standard InChI is InChI=1S/C17H24N2O2.ClH/c1-13(14-11-18-12-14)17(20)19-9-7-16(8-10-19)21-15-5-3-2-4-6-15;/h2-6,13-14,16,18H,7-12H2,1H3;1H. The second-order valence-corrected chi connectivity index (χ2v) is 6.16. The average Bonchev–Trinajstić information content (AvgIpc) is 2.46. The van der Waals surface area contributed by atoms with Crippen LogP contribution >= 0.6 is 12.4 Å². The minimum absolute atomic E-state index is 0. The van der Waals surface area contributed by atoms with Crippen LogP contribution in [0.25, 0.3) is 0 Å². The highest BCUT2D eigenvalue weighted by Crippen LogP contribution is 2.23. The SMILES string of the molecule is CC(C(=O)N1CCC(Oc2ccccc2)CC1)C1CNC1.Cl. The predicted octanol–water partition coefficient (Wildman–Crippen LogP) is 2.33. The molecule has 0 bridgehead atoms. The van der Waals surface area contributed by atoms with Crippen molar-refractivity contribution in [2.75, 3.05) is 26.2 Å². The molecule has 2 aliphatic heterocycles. The van der Waals surface area contributed by atoms with E-state index in [1.54, 1.807) is 0 Å². The van der Waals surface area contributed by atoms with Crippen LogP contribution in [-0.2, 0) is 4.79 Å². The molecule has 3 rings (SSSR count). The van der Waals surface area contributed by atoms with Crippen molar-refractivity contribution >= 4 is 18.3 Å². The molecule has 4 nitrogen and oxygen atoms in total. The number of para-hydroxylation sites is 1. The normalized spacial score (nSPS) is 20.7. The lowest BCUT2D eigenvalue weighted by Crippen LogP contribution is -2.52. The van der Waals surface area contributed by atoms with Gasteiger partial charge in [0.15, 0.2) is 0 Å². The van der Waals surface area contributed by atoms with Gasteiger partial charge in [-0.05, 0) is 31.1 Å². The highest BCUT2D eigenvalue weighted by atomic mass is 35.5. The molecule has 5 heteroatoms. The Balaban J connectivity index is 0.00000176. The van der Waals surface area contributed by atoms with Crippen LogP contribution in [-0.4, -0.2) is 43.1 Å². The first kappa shape index (κ1) is 17.1. The molecule has 0 saturated carbocycles. The van der Waals surface area contributed by atoms with Crippen molar-refractivity contribution < 1.29 is 9.53 Å². The van der Waals surface area contributed by atoms with E-state index in [1.165, 1.54) is 0 Å². The minimum Gasteiger partial charge on any atom is -0.490 e. The maximum absolute atomic E-state index is 12.5. The van der Waals surface area contributed by atoms with Gasteiger partial charge in [-0.2, -0.15) is 0 Å². The van der Waals surface area contributed by atoms with Crippen LogP contribution in [0, 0.1) is 11.8 Å². The zero-order valence-corrected chi connectivity index (χ0v) is 13.8. The van der Waals surface area contributed by atoms with Crippen molar-refractivity contribution in [3.05, 3.63) is 30.3 Å². The van der Waals surface area contributed by atoms with Gasteiger partial charge >= 0.3 is 0 Å². The van der Waals surface area contributed by atoms with Gasteiger partial charge in [-0.15, -0.1) is 12.4 Å². The molecule has 1 atom stereocenters. The van der Waals surface area contributed by atoms with Gasteiger partial charge in [-0.1, -0.05) is 25.1 Å². The van der Waals surface area contributed by atoms with Crippen LogP contribution in [0.4, 0.5) is 0 Å². The average molecular weight is 325 g/mol. The lowest BCUT2D eigenvalue weighted by Gasteiger charge is -2.38. The van der Waals surface area contributed by atoms with Crippen molar-refractivity contribution in [2.24, 2.45) is 11.8 Å². The number of likely N-dealkylation sites (tertiary alicyclic amines) is 1. The number of rotatable bonds is 4. The largest absolute Gasteiger partial charge is 0.490 e. The number of nitrogens with zero attached hydrogens (tertiary/aromatic N) is 1. The predicted molar refractivity (Wildman–Crippen MR) is 89.4 cm³/mol. The molecule has 1 N–H and O–H groups in total. The Morgan fingerprint density at radius 3 is 2.41 bits per heavy atom. The molecule has 1 aromatic carbocycles. The Morgan fingerprint density at radius 2 is 1.86 bits per heavy atom. The molecular weight excluding hydrogens is 300 g/mol. The van der Waals surface area contributed by atoms with Gasteiger partial charge in [0.25, 0.3) is 0 Å². The minimum atomic E-state index is 0. The monoisotopic (exact) mass is 324 g/mol. The van der Waals surface area contributed by atoms with Gasteiger partial charge in [-0.25, -0.2) is 0 Å². The number of carbonyl (C=O) groups excluding carboxylic acids is 1. The summed E-state index contributed by atoms with van der Waals surface area (Å²) in [5.41, 5.74) is 0. The van der Waals surface area contributed by atoms with E-state index in [-0.39, 0.29) is 24.4 Å². The van der Waals surface area contributed by atoms with E-state index in [9.17, 15) is 4.79 Å². The van der Waals surface area contributed by atoms with Crippen LogP contribution in [0.1, 0.15) is 19.8 Å². The summed E-state index contributed by atoms with van der Waals surface area (Å²) in [5.74, 6) is 1.92. The van der Waals surface area contributed by atoms with Crippen LogP contribution in [0.15, 0.2) is 30.3 Å². The number of hydrogen-bond acceptors (Lipinski definition) is 3. The lowest BCUT2D eigenvalue weighted by atomic mass is 9.87. The molecule has 0 radical (unpaired) electrons. The van der Waals surface area contributed by atoms with Gasteiger partial charge in [-0.3, -0.25) is 4.79 Å². The van der Waals surface area contributed by atoms with Crippen LogP contribution < -0.4 is 10.1 Å². The Kier molecular flexibility index (Phi) is 6.09. The highest BCUT2D eigenvalue weighted by molar-refractivity contribution is 5.85. The van der Waals surface area contributed by atoms with Crippen molar-refractivity contribution in [1.29, 1.82) is 0 Å². The van der Waals surface area contributed by atoms with E-state index in [4.69, 9.17) is 4.74 Å². The first-order chi connectivity index (χ1) is 10.2. The van der Waals surface area contributed by atoms with E-state index in [0.29, 0.717) is 11.8 Å². The number of ether oxygens (including phenoxy) is 1. The van der Waals surface area contributed by atoms with Gasteiger partial charge in [0.1, 0.15) is 11.9 Å². The third kappa shape index (κ3) is 3.93. The van der Waals surface area contributed by atoms with Crippen molar-refractivity contribution in [3.63, 3.8) is 0 Å². The summed E-state index contributed by atoms with van der Waals surface area (Å²) in [5, 5.41) is 3.24. The molecule has 1 aromatic rings. The van der Waals surface area contributed by atoms with Gasteiger partial charge in [0.05, 0.1) is 0 Å². The summed E-state index contributed by atoms with van der Waals surface area (Å²) in [6.45, 7) is 5.68. The quantitative estimate of drug-likeness (QED) is 0.924. The molecule has 2 saturated heterocycles. The zero-order chi connectivity index (χ0) is 14.7. The third-order valence-electron chi connectivity index (χ3n) is 4.71. The number of nitrogens with one attached hydrogen (secondary N) is 1. The molecule has 122 valence electrons. The summed E-state index contributed by atoms with van der Waals surface area (Å²) in [6.07, 6.45) is 2.09. The van der Waals surface area contributed by atoms with Gasteiger partial charge in [0.2, 0.25) is 5.91 Å².